The van der Waals surface area contributed by atoms with Crippen molar-refractivity contribution < 1.29 is 4.79 Å². The molecule has 0 fully saturated rings. The van der Waals surface area contributed by atoms with Crippen LogP contribution in [0.4, 0.5) is 5.69 Å². The summed E-state index contributed by atoms with van der Waals surface area (Å²) in [4.78, 5) is 12.3. The van der Waals surface area contributed by atoms with Crippen LogP contribution in [0.2, 0.25) is 0 Å². The molecule has 2 aromatic carbocycles. The number of nitrogens with one attached hydrogen (secondary N) is 2. The van der Waals surface area contributed by atoms with Crippen LogP contribution >= 0.6 is 15.9 Å². The molecule has 0 radical (unpaired) electrons. The van der Waals surface area contributed by atoms with Crippen LogP contribution < -0.4 is 5.32 Å². The number of carbonyl (C=O) groups excluding carboxylic acids is 1. The number of aromatic nitrogens is 2. The second-order valence-electron chi connectivity index (χ2n) is 4.55. The molecule has 4 nitrogen and oxygen atoms in total. The number of rotatable bonds is 2. The summed E-state index contributed by atoms with van der Waals surface area (Å²) in [7, 11) is 0. The zero-order valence-electron chi connectivity index (χ0n) is 10.8. The van der Waals surface area contributed by atoms with Crippen molar-refractivity contribution in [1.29, 1.82) is 0 Å². The molecule has 3 rings (SSSR count). The first-order valence-electron chi connectivity index (χ1n) is 6.15. The van der Waals surface area contributed by atoms with E-state index in [2.05, 4.69) is 31.4 Å². The van der Waals surface area contributed by atoms with Gasteiger partial charge in [-0.1, -0.05) is 28.1 Å². The molecular formula is C15H12BrN3O. The van der Waals surface area contributed by atoms with Gasteiger partial charge in [0.05, 0.1) is 17.4 Å². The Hall–Kier alpha value is -2.14. The maximum Gasteiger partial charge on any atom is 0.255 e. The SMILES string of the molecule is Cc1ccc(C(=O)Nc2cccc3[nH]ncc23)cc1Br. The first-order chi connectivity index (χ1) is 9.65. The lowest BCUT2D eigenvalue weighted by molar-refractivity contribution is 0.102. The lowest BCUT2D eigenvalue weighted by Gasteiger charge is -2.07. The van der Waals surface area contributed by atoms with Gasteiger partial charge < -0.3 is 5.32 Å². The van der Waals surface area contributed by atoms with Crippen LogP contribution in [0.15, 0.2) is 47.1 Å². The number of anilines is 1. The normalized spacial score (nSPS) is 10.7. The Balaban J connectivity index is 1.92. The third-order valence-electron chi connectivity index (χ3n) is 3.17. The molecule has 0 atom stereocenters. The maximum absolute atomic E-state index is 12.3. The van der Waals surface area contributed by atoms with Gasteiger partial charge in [-0.3, -0.25) is 9.89 Å². The Bertz CT molecular complexity index is 795. The molecule has 1 aromatic heterocycles. The molecule has 3 aromatic rings. The second kappa shape index (κ2) is 5.09. The minimum Gasteiger partial charge on any atom is -0.321 e. The summed E-state index contributed by atoms with van der Waals surface area (Å²) in [5.41, 5.74) is 3.35. The van der Waals surface area contributed by atoms with E-state index in [-0.39, 0.29) is 5.91 Å². The number of nitrogens with zero attached hydrogens (tertiary/aromatic N) is 1. The third kappa shape index (κ3) is 2.32. The molecule has 5 heteroatoms. The summed E-state index contributed by atoms with van der Waals surface area (Å²) in [6.07, 6.45) is 1.70. The van der Waals surface area contributed by atoms with Gasteiger partial charge in [0, 0.05) is 15.4 Å². The molecule has 1 amide bonds. The summed E-state index contributed by atoms with van der Waals surface area (Å²) in [6.45, 7) is 1.98. The van der Waals surface area contributed by atoms with Crippen molar-refractivity contribution in [2.75, 3.05) is 5.32 Å². The molecule has 0 aliphatic carbocycles. The van der Waals surface area contributed by atoms with Crippen LogP contribution in [-0.2, 0) is 0 Å². The number of H-pyrrole nitrogens is 1. The lowest BCUT2D eigenvalue weighted by Crippen LogP contribution is -2.12. The van der Waals surface area contributed by atoms with Gasteiger partial charge >= 0.3 is 0 Å². The zero-order valence-corrected chi connectivity index (χ0v) is 12.4. The molecule has 0 aliphatic heterocycles. The highest BCUT2D eigenvalue weighted by molar-refractivity contribution is 9.10. The maximum atomic E-state index is 12.3. The van der Waals surface area contributed by atoms with Gasteiger partial charge in [-0.2, -0.15) is 5.10 Å². The molecule has 0 saturated carbocycles. The Morgan fingerprint density at radius 2 is 2.15 bits per heavy atom. The van der Waals surface area contributed by atoms with Gasteiger partial charge in [0.2, 0.25) is 0 Å². The van der Waals surface area contributed by atoms with Crippen LogP contribution in [0, 0.1) is 6.92 Å². The fourth-order valence-electron chi connectivity index (χ4n) is 2.01. The van der Waals surface area contributed by atoms with E-state index in [0.717, 1.165) is 26.6 Å². The summed E-state index contributed by atoms with van der Waals surface area (Å²) in [5, 5.41) is 10.7. The van der Waals surface area contributed by atoms with Gasteiger partial charge in [0.15, 0.2) is 0 Å². The highest BCUT2D eigenvalue weighted by Crippen LogP contribution is 2.23. The van der Waals surface area contributed by atoms with Crippen LogP contribution in [0.3, 0.4) is 0 Å². The number of aromatic amines is 1. The van der Waals surface area contributed by atoms with E-state index in [1.54, 1.807) is 6.20 Å². The fourth-order valence-corrected chi connectivity index (χ4v) is 2.38. The molecular weight excluding hydrogens is 318 g/mol. The van der Waals surface area contributed by atoms with E-state index >= 15 is 0 Å². The van der Waals surface area contributed by atoms with Gasteiger partial charge in [0.25, 0.3) is 5.91 Å². The van der Waals surface area contributed by atoms with E-state index in [1.165, 1.54) is 0 Å². The minimum absolute atomic E-state index is 0.139. The number of benzene rings is 2. The molecule has 20 heavy (non-hydrogen) atoms. The van der Waals surface area contributed by atoms with E-state index in [9.17, 15) is 4.79 Å². The third-order valence-corrected chi connectivity index (χ3v) is 4.02. The number of fused-ring (bicyclic) bond motifs is 1. The topological polar surface area (TPSA) is 57.8 Å². The molecule has 2 N–H and O–H groups in total. The van der Waals surface area contributed by atoms with E-state index in [4.69, 9.17) is 0 Å². The molecule has 0 unspecified atom stereocenters. The zero-order chi connectivity index (χ0) is 14.1. The Kier molecular flexibility index (Phi) is 3.28. The molecule has 0 saturated heterocycles. The average Bonchev–Trinajstić information content (AvgIpc) is 2.91. The summed E-state index contributed by atoms with van der Waals surface area (Å²) >= 11 is 3.44. The van der Waals surface area contributed by atoms with Crippen LogP contribution in [0.25, 0.3) is 10.9 Å². The average molecular weight is 330 g/mol. The number of amides is 1. The number of carbonyl (C=O) groups is 1. The number of aryl methyl sites for hydroxylation is 1. The quantitative estimate of drug-likeness (QED) is 0.749. The van der Waals surface area contributed by atoms with Crippen LogP contribution in [-0.4, -0.2) is 16.1 Å². The monoisotopic (exact) mass is 329 g/mol. The Morgan fingerprint density at radius 3 is 2.95 bits per heavy atom. The molecule has 0 aliphatic rings. The van der Waals surface area contributed by atoms with Crippen LogP contribution in [0.5, 0.6) is 0 Å². The van der Waals surface area contributed by atoms with Gasteiger partial charge in [0.1, 0.15) is 0 Å². The predicted octanol–water partition coefficient (Wildman–Crippen LogP) is 3.89. The van der Waals surface area contributed by atoms with Crippen molar-refractivity contribution in [3.63, 3.8) is 0 Å². The highest BCUT2D eigenvalue weighted by Gasteiger charge is 2.10. The van der Waals surface area contributed by atoms with Crippen molar-refractivity contribution in [3.05, 3.63) is 58.2 Å². The Morgan fingerprint density at radius 1 is 1.30 bits per heavy atom. The van der Waals surface area contributed by atoms with E-state index in [1.807, 2.05) is 43.3 Å². The van der Waals surface area contributed by atoms with Crippen molar-refractivity contribution in [3.8, 4) is 0 Å². The predicted molar refractivity (Wildman–Crippen MR) is 82.9 cm³/mol. The van der Waals surface area contributed by atoms with Gasteiger partial charge in [-0.15, -0.1) is 0 Å². The molecule has 1 heterocycles. The van der Waals surface area contributed by atoms with Crippen LogP contribution in [0.1, 0.15) is 15.9 Å². The largest absolute Gasteiger partial charge is 0.321 e. The van der Waals surface area contributed by atoms with Crippen molar-refractivity contribution in [2.24, 2.45) is 0 Å². The highest BCUT2D eigenvalue weighted by atomic mass is 79.9. The summed E-state index contributed by atoms with van der Waals surface area (Å²) in [6, 6.07) is 11.2. The fraction of sp³-hybridized carbons (Fsp3) is 0.0667. The minimum atomic E-state index is -0.139. The second-order valence-corrected chi connectivity index (χ2v) is 5.41. The Labute approximate surface area is 124 Å². The summed E-state index contributed by atoms with van der Waals surface area (Å²) in [5.74, 6) is -0.139. The van der Waals surface area contributed by atoms with Gasteiger partial charge in [-0.05, 0) is 36.8 Å². The first kappa shape index (κ1) is 12.9. The number of halogens is 1. The molecule has 0 bridgehead atoms. The lowest BCUT2D eigenvalue weighted by atomic mass is 10.1. The van der Waals surface area contributed by atoms with E-state index < -0.39 is 0 Å². The smallest absolute Gasteiger partial charge is 0.255 e. The van der Waals surface area contributed by atoms with Crippen molar-refractivity contribution in [2.45, 2.75) is 6.92 Å². The number of hydrogen-bond donors (Lipinski definition) is 2. The number of hydrogen-bond acceptors (Lipinski definition) is 2. The van der Waals surface area contributed by atoms with Crippen molar-refractivity contribution in [1.82, 2.24) is 10.2 Å². The summed E-state index contributed by atoms with van der Waals surface area (Å²) < 4.78 is 0.923. The first-order valence-corrected chi connectivity index (χ1v) is 6.94. The molecule has 0 spiro atoms. The van der Waals surface area contributed by atoms with E-state index in [0.29, 0.717) is 5.56 Å². The van der Waals surface area contributed by atoms with Crippen molar-refractivity contribution >= 4 is 38.4 Å². The standard InChI is InChI=1S/C15H12BrN3O/c1-9-5-6-10(7-12(9)16)15(20)18-13-3-2-4-14-11(13)8-17-19-14/h2-8H,1H3,(H,17,19)(H,18,20). The molecule has 100 valence electrons. The van der Waals surface area contributed by atoms with Gasteiger partial charge in [-0.25, -0.2) is 0 Å².